The second-order valence-corrected chi connectivity index (χ2v) is 12.6. The summed E-state index contributed by atoms with van der Waals surface area (Å²) in [6, 6.07) is 4.02. The summed E-state index contributed by atoms with van der Waals surface area (Å²) in [6.07, 6.45) is 0.184. The Bertz CT molecular complexity index is 562. The number of anilines is 1. The molecule has 122 valence electrons. The molecule has 1 amide bonds. The summed E-state index contributed by atoms with van der Waals surface area (Å²) >= 11 is 3.13. The third kappa shape index (κ3) is 4.30. The van der Waals surface area contributed by atoms with Crippen molar-refractivity contribution < 1.29 is 18.7 Å². The van der Waals surface area contributed by atoms with Gasteiger partial charge in [0.25, 0.3) is 0 Å². The highest BCUT2D eigenvalue weighted by Gasteiger charge is 2.31. The summed E-state index contributed by atoms with van der Waals surface area (Å²) in [7, 11) is -1.17. The van der Waals surface area contributed by atoms with Crippen LogP contribution in [0.4, 0.5) is 10.1 Å². The van der Waals surface area contributed by atoms with E-state index in [0.717, 1.165) is 6.04 Å². The first-order valence-electron chi connectivity index (χ1n) is 7.21. The maximum Gasteiger partial charge on any atom is 0.233 e. The summed E-state index contributed by atoms with van der Waals surface area (Å²) in [5, 5.41) is 0. The molecule has 7 heteroatoms. The molecule has 4 nitrogen and oxygen atoms in total. The third-order valence-corrected chi connectivity index (χ3v) is 5.40. The average molecular weight is 390 g/mol. The summed E-state index contributed by atoms with van der Waals surface area (Å²) in [4.78, 5) is 13.5. The number of nitrogens with zero attached hydrogens (tertiary/aromatic N) is 1. The number of carbonyl (C=O) groups is 1. The minimum atomic E-state index is -1.17. The van der Waals surface area contributed by atoms with Crippen LogP contribution in [0.15, 0.2) is 12.1 Å². The lowest BCUT2D eigenvalue weighted by Gasteiger charge is -2.20. The van der Waals surface area contributed by atoms with E-state index < -0.39 is 13.9 Å². The number of hydrogen-bond donors (Lipinski definition) is 0. The van der Waals surface area contributed by atoms with Crippen molar-refractivity contribution in [3.8, 4) is 5.75 Å². The Kier molecular flexibility index (Phi) is 5.63. The molecule has 0 atom stereocenters. The molecule has 0 saturated carbocycles. The standard InChI is InChI=1S/C15H21BrFNO3Si/c1-22(2,3)5-4-20-10-18-14(19)7-11-6-12(21-9-16)8-13(17)15(11)18/h6,8H,4-5,7,9-10H2,1-3H3. The zero-order valence-electron chi connectivity index (χ0n) is 13.1. The first-order chi connectivity index (χ1) is 10.3. The van der Waals surface area contributed by atoms with Gasteiger partial charge >= 0.3 is 0 Å². The fourth-order valence-electron chi connectivity index (χ4n) is 2.27. The monoisotopic (exact) mass is 389 g/mol. The minimum Gasteiger partial charge on any atom is -0.482 e. The normalized spacial score (nSPS) is 14.4. The fraction of sp³-hybridized carbons (Fsp3) is 0.533. The molecule has 0 radical (unpaired) electrons. The van der Waals surface area contributed by atoms with Crippen molar-refractivity contribution in [1.29, 1.82) is 0 Å². The Hall–Kier alpha value is -0.923. The number of rotatable bonds is 7. The maximum absolute atomic E-state index is 14.3. The van der Waals surface area contributed by atoms with Crippen molar-refractivity contribution >= 4 is 35.6 Å². The van der Waals surface area contributed by atoms with Crippen molar-refractivity contribution in [3.63, 3.8) is 0 Å². The molecule has 0 fully saturated rings. The summed E-state index contributed by atoms with van der Waals surface area (Å²) in [6.45, 7) is 7.49. The topological polar surface area (TPSA) is 38.8 Å². The molecule has 2 rings (SSSR count). The Morgan fingerprint density at radius 3 is 2.73 bits per heavy atom. The van der Waals surface area contributed by atoms with Gasteiger partial charge in [0.1, 0.15) is 18.0 Å². The first kappa shape index (κ1) is 17.4. The molecule has 0 spiro atoms. The molecule has 1 heterocycles. The van der Waals surface area contributed by atoms with Gasteiger partial charge in [0, 0.05) is 20.7 Å². The summed E-state index contributed by atoms with van der Waals surface area (Å²) in [5.41, 5.74) is 1.25. The molecule has 0 unspecified atom stereocenters. The van der Waals surface area contributed by atoms with Gasteiger partial charge in [-0.05, 0) is 33.6 Å². The van der Waals surface area contributed by atoms with E-state index in [1.165, 1.54) is 11.0 Å². The van der Waals surface area contributed by atoms with Gasteiger partial charge in [-0.25, -0.2) is 4.39 Å². The zero-order chi connectivity index (χ0) is 16.3. The van der Waals surface area contributed by atoms with Gasteiger partial charge in [-0.3, -0.25) is 9.69 Å². The van der Waals surface area contributed by atoms with Crippen LogP contribution in [0.1, 0.15) is 5.56 Å². The van der Waals surface area contributed by atoms with E-state index in [4.69, 9.17) is 9.47 Å². The van der Waals surface area contributed by atoms with Gasteiger partial charge in [-0.15, -0.1) is 0 Å². The Balaban J connectivity index is 2.05. The third-order valence-electron chi connectivity index (χ3n) is 3.47. The van der Waals surface area contributed by atoms with Crippen LogP contribution < -0.4 is 9.64 Å². The number of ether oxygens (including phenoxy) is 2. The lowest BCUT2D eigenvalue weighted by atomic mass is 10.1. The number of halogens is 2. The molecule has 1 aromatic rings. The molecular formula is C15H21BrFNO3Si. The van der Waals surface area contributed by atoms with Gasteiger partial charge in [0.2, 0.25) is 5.91 Å². The van der Waals surface area contributed by atoms with Crippen molar-refractivity contribution in [3.05, 3.63) is 23.5 Å². The first-order valence-corrected chi connectivity index (χ1v) is 12.0. The molecule has 1 aromatic carbocycles. The van der Waals surface area contributed by atoms with Crippen LogP contribution in [0, 0.1) is 5.82 Å². The highest BCUT2D eigenvalue weighted by atomic mass is 79.9. The van der Waals surface area contributed by atoms with Crippen LogP contribution in [-0.2, 0) is 16.0 Å². The molecule has 0 saturated heterocycles. The van der Waals surface area contributed by atoms with Gasteiger partial charge in [0.15, 0.2) is 5.82 Å². The predicted molar refractivity (Wildman–Crippen MR) is 91.0 cm³/mol. The minimum absolute atomic E-state index is 0.103. The number of carbonyl (C=O) groups excluding carboxylic acids is 1. The van der Waals surface area contributed by atoms with Crippen LogP contribution in [0.25, 0.3) is 0 Å². The van der Waals surface area contributed by atoms with Crippen LogP contribution in [0.5, 0.6) is 5.75 Å². The van der Waals surface area contributed by atoms with Crippen LogP contribution in [0.3, 0.4) is 0 Å². The van der Waals surface area contributed by atoms with E-state index in [2.05, 4.69) is 35.6 Å². The van der Waals surface area contributed by atoms with Gasteiger partial charge in [-0.1, -0.05) is 19.6 Å². The fourth-order valence-corrected chi connectivity index (χ4v) is 3.29. The quantitative estimate of drug-likeness (QED) is 0.404. The molecule has 1 aliphatic rings. The SMILES string of the molecule is C[Si](C)(C)CCOCN1C(=O)Cc2cc(OCBr)cc(F)c21. The second kappa shape index (κ2) is 7.10. The van der Waals surface area contributed by atoms with E-state index in [1.807, 2.05) is 0 Å². The maximum atomic E-state index is 14.3. The van der Waals surface area contributed by atoms with Crippen LogP contribution in [-0.4, -0.2) is 32.8 Å². The zero-order valence-corrected chi connectivity index (χ0v) is 15.7. The van der Waals surface area contributed by atoms with Crippen molar-refractivity contribution in [2.45, 2.75) is 32.1 Å². The Morgan fingerprint density at radius 1 is 1.36 bits per heavy atom. The van der Waals surface area contributed by atoms with Crippen molar-refractivity contribution in [1.82, 2.24) is 0 Å². The van der Waals surface area contributed by atoms with Gasteiger partial charge in [-0.2, -0.15) is 0 Å². The summed E-state index contributed by atoms with van der Waals surface area (Å²) in [5.74, 6) is -0.173. The molecule has 1 aliphatic heterocycles. The Labute approximate surface area is 139 Å². The number of benzene rings is 1. The molecular weight excluding hydrogens is 369 g/mol. The van der Waals surface area contributed by atoms with E-state index in [-0.39, 0.29) is 24.6 Å². The van der Waals surface area contributed by atoms with E-state index >= 15 is 0 Å². The number of amides is 1. The number of hydrogen-bond acceptors (Lipinski definition) is 3. The molecule has 0 aromatic heterocycles. The number of alkyl halides is 1. The highest BCUT2D eigenvalue weighted by molar-refractivity contribution is 9.09. The number of fused-ring (bicyclic) bond motifs is 1. The van der Waals surface area contributed by atoms with Gasteiger partial charge < -0.3 is 9.47 Å². The van der Waals surface area contributed by atoms with E-state index in [0.29, 0.717) is 23.6 Å². The lowest BCUT2D eigenvalue weighted by molar-refractivity contribution is -0.118. The summed E-state index contributed by atoms with van der Waals surface area (Å²) < 4.78 is 25.1. The van der Waals surface area contributed by atoms with Crippen molar-refractivity contribution in [2.24, 2.45) is 0 Å². The van der Waals surface area contributed by atoms with Crippen LogP contribution in [0.2, 0.25) is 25.7 Å². The largest absolute Gasteiger partial charge is 0.482 e. The molecule has 22 heavy (non-hydrogen) atoms. The highest BCUT2D eigenvalue weighted by Crippen LogP contribution is 2.35. The van der Waals surface area contributed by atoms with E-state index in [1.54, 1.807) is 6.07 Å². The Morgan fingerprint density at radius 2 is 2.09 bits per heavy atom. The molecule has 0 bridgehead atoms. The van der Waals surface area contributed by atoms with Gasteiger partial charge in [0.05, 0.1) is 12.1 Å². The van der Waals surface area contributed by atoms with Crippen LogP contribution >= 0.6 is 15.9 Å². The lowest BCUT2D eigenvalue weighted by Crippen LogP contribution is -2.31. The molecule has 0 N–H and O–H groups in total. The van der Waals surface area contributed by atoms with Crippen molar-refractivity contribution in [2.75, 3.05) is 23.8 Å². The second-order valence-electron chi connectivity index (χ2n) is 6.51. The average Bonchev–Trinajstić information content (AvgIpc) is 2.70. The smallest absolute Gasteiger partial charge is 0.233 e. The van der Waals surface area contributed by atoms with E-state index in [9.17, 15) is 9.18 Å². The predicted octanol–water partition coefficient (Wildman–Crippen LogP) is 3.76. The molecule has 0 aliphatic carbocycles.